The highest BCUT2D eigenvalue weighted by Crippen LogP contribution is 2.38. The van der Waals surface area contributed by atoms with Gasteiger partial charge in [-0.2, -0.15) is 26.3 Å². The van der Waals surface area contributed by atoms with Crippen molar-refractivity contribution in [1.82, 2.24) is 9.88 Å². The lowest BCUT2D eigenvalue weighted by Crippen LogP contribution is -2.42. The molecule has 1 saturated heterocycles. The number of hydrogen-bond acceptors (Lipinski definition) is 3. The van der Waals surface area contributed by atoms with E-state index in [0.29, 0.717) is 13.0 Å². The molecule has 0 radical (unpaired) electrons. The van der Waals surface area contributed by atoms with Gasteiger partial charge in [-0.05, 0) is 60.8 Å². The van der Waals surface area contributed by atoms with Gasteiger partial charge in [0.05, 0.1) is 35.6 Å². The molecular weight excluding hydrogens is 470 g/mol. The fraction of sp³-hybridized carbons (Fsp3) is 0.346. The Hall–Kier alpha value is -2.91. The Morgan fingerprint density at radius 3 is 2.11 bits per heavy atom. The Morgan fingerprint density at radius 2 is 1.51 bits per heavy atom. The molecule has 0 saturated carbocycles. The number of ether oxygens (including phenoxy) is 1. The van der Waals surface area contributed by atoms with Gasteiger partial charge in [0.1, 0.15) is 0 Å². The fourth-order valence-electron chi connectivity index (χ4n) is 4.46. The monoisotopic (exact) mass is 494 g/mol. The molecule has 0 unspecified atom stereocenters. The molecule has 2 atom stereocenters. The molecule has 3 aromatic rings. The third kappa shape index (κ3) is 6.41. The minimum Gasteiger partial charge on any atom is -0.372 e. The van der Waals surface area contributed by atoms with E-state index in [1.807, 2.05) is 48.5 Å². The number of alkyl halides is 6. The maximum absolute atomic E-state index is 13.3. The second kappa shape index (κ2) is 10.4. The number of rotatable bonds is 6. The molecule has 1 aliphatic rings. The molecule has 0 N–H and O–H groups in total. The maximum Gasteiger partial charge on any atom is 0.416 e. The van der Waals surface area contributed by atoms with Crippen molar-refractivity contribution in [2.45, 2.75) is 50.5 Å². The van der Waals surface area contributed by atoms with Gasteiger partial charge in [0, 0.05) is 12.7 Å². The van der Waals surface area contributed by atoms with Crippen molar-refractivity contribution >= 4 is 0 Å². The molecule has 1 aliphatic heterocycles. The number of benzene rings is 2. The number of nitrogens with zero attached hydrogens (tertiary/aromatic N) is 2. The lowest BCUT2D eigenvalue weighted by molar-refractivity contribution is -0.143. The Balaban J connectivity index is 1.60. The summed E-state index contributed by atoms with van der Waals surface area (Å²) in [6.07, 6.45) is -7.10. The summed E-state index contributed by atoms with van der Waals surface area (Å²) in [7, 11) is 0. The summed E-state index contributed by atoms with van der Waals surface area (Å²) < 4.78 is 85.6. The third-order valence-corrected chi connectivity index (χ3v) is 6.02. The Kier molecular flexibility index (Phi) is 7.47. The first-order valence-corrected chi connectivity index (χ1v) is 11.2. The summed E-state index contributed by atoms with van der Waals surface area (Å²) in [4.78, 5) is 6.58. The summed E-state index contributed by atoms with van der Waals surface area (Å²) in [5, 5.41) is 0. The summed E-state index contributed by atoms with van der Waals surface area (Å²) >= 11 is 0. The van der Waals surface area contributed by atoms with Crippen LogP contribution >= 0.6 is 0 Å². The Morgan fingerprint density at radius 1 is 0.857 bits per heavy atom. The van der Waals surface area contributed by atoms with Crippen LogP contribution in [0.4, 0.5) is 26.3 Å². The van der Waals surface area contributed by atoms with Crippen molar-refractivity contribution in [3.8, 4) is 0 Å². The van der Waals surface area contributed by atoms with E-state index < -0.39 is 29.6 Å². The zero-order valence-electron chi connectivity index (χ0n) is 18.7. The molecule has 3 nitrogen and oxygen atoms in total. The molecule has 0 aliphatic carbocycles. The van der Waals surface area contributed by atoms with Crippen LogP contribution in [0.15, 0.2) is 72.9 Å². The van der Waals surface area contributed by atoms with Gasteiger partial charge in [0.25, 0.3) is 0 Å². The van der Waals surface area contributed by atoms with Gasteiger partial charge in [-0.25, -0.2) is 0 Å². The van der Waals surface area contributed by atoms with Crippen molar-refractivity contribution in [3.05, 3.63) is 101 Å². The van der Waals surface area contributed by atoms with Crippen LogP contribution in [0, 0.1) is 0 Å². The van der Waals surface area contributed by atoms with Gasteiger partial charge >= 0.3 is 12.4 Å². The molecule has 4 rings (SSSR count). The van der Waals surface area contributed by atoms with Gasteiger partial charge in [0.15, 0.2) is 0 Å². The summed E-state index contributed by atoms with van der Waals surface area (Å²) in [6.45, 7) is 0.943. The Labute approximate surface area is 199 Å². The standard InChI is InChI=1S/C26H24F6N2O/c27-25(28,29)20-13-18(14-21(15-20)26(30,31)32)17-35-23-10-6-12-34(16-22-9-4-5-11-33-22)24(23)19-7-2-1-3-8-19/h1-5,7-9,11,13-15,23-24H,6,10,12,16-17H2/t23-,24-/m1/s1. The highest BCUT2D eigenvalue weighted by atomic mass is 19.4. The van der Waals surface area contributed by atoms with E-state index in [-0.39, 0.29) is 24.3 Å². The second-order valence-corrected chi connectivity index (χ2v) is 8.55. The zero-order chi connectivity index (χ0) is 25.1. The van der Waals surface area contributed by atoms with Crippen LogP contribution in [-0.4, -0.2) is 22.5 Å². The lowest BCUT2D eigenvalue weighted by Gasteiger charge is -2.41. The molecule has 2 heterocycles. The number of pyridine rings is 1. The molecule has 35 heavy (non-hydrogen) atoms. The molecule has 1 aromatic heterocycles. The van der Waals surface area contributed by atoms with Crippen molar-refractivity contribution in [2.75, 3.05) is 6.54 Å². The normalized spacial score (nSPS) is 19.6. The van der Waals surface area contributed by atoms with E-state index in [1.165, 1.54) is 0 Å². The summed E-state index contributed by atoms with van der Waals surface area (Å²) in [5.41, 5.74) is -1.02. The van der Waals surface area contributed by atoms with Crippen LogP contribution in [0.3, 0.4) is 0 Å². The van der Waals surface area contributed by atoms with E-state index in [2.05, 4.69) is 9.88 Å². The van der Waals surface area contributed by atoms with Crippen LogP contribution in [0.25, 0.3) is 0 Å². The van der Waals surface area contributed by atoms with Crippen LogP contribution in [0.1, 0.15) is 46.8 Å². The summed E-state index contributed by atoms with van der Waals surface area (Å²) in [5.74, 6) is 0. The average molecular weight is 494 g/mol. The molecule has 9 heteroatoms. The third-order valence-electron chi connectivity index (χ3n) is 6.02. The van der Waals surface area contributed by atoms with Gasteiger partial charge < -0.3 is 4.74 Å². The minimum atomic E-state index is -4.90. The number of aromatic nitrogens is 1. The number of likely N-dealkylation sites (tertiary alicyclic amines) is 1. The number of hydrogen-bond donors (Lipinski definition) is 0. The molecule has 0 amide bonds. The SMILES string of the molecule is FC(F)(F)c1cc(CO[C@@H]2CCCN(Cc3ccccn3)[C@@H]2c2ccccc2)cc(C(F)(F)F)c1. The number of piperidine rings is 1. The van der Waals surface area contributed by atoms with Gasteiger partial charge in [-0.3, -0.25) is 9.88 Å². The predicted octanol–water partition coefficient (Wildman–Crippen LogP) is 7.04. The smallest absolute Gasteiger partial charge is 0.372 e. The molecule has 0 bridgehead atoms. The molecule has 186 valence electrons. The average Bonchev–Trinajstić information content (AvgIpc) is 2.83. The van der Waals surface area contributed by atoms with Gasteiger partial charge in [0.2, 0.25) is 0 Å². The second-order valence-electron chi connectivity index (χ2n) is 8.55. The minimum absolute atomic E-state index is 0.130. The first kappa shape index (κ1) is 25.2. The largest absolute Gasteiger partial charge is 0.416 e. The van der Waals surface area contributed by atoms with E-state index in [9.17, 15) is 26.3 Å². The molecule has 2 aromatic carbocycles. The van der Waals surface area contributed by atoms with Crippen LogP contribution in [0.2, 0.25) is 0 Å². The topological polar surface area (TPSA) is 25.4 Å². The highest BCUT2D eigenvalue weighted by Gasteiger charge is 2.38. The van der Waals surface area contributed by atoms with E-state index >= 15 is 0 Å². The van der Waals surface area contributed by atoms with Gasteiger partial charge in [-0.15, -0.1) is 0 Å². The fourth-order valence-corrected chi connectivity index (χ4v) is 4.46. The van der Waals surface area contributed by atoms with Crippen molar-refractivity contribution in [2.24, 2.45) is 0 Å². The van der Waals surface area contributed by atoms with Gasteiger partial charge in [-0.1, -0.05) is 36.4 Å². The van der Waals surface area contributed by atoms with Crippen molar-refractivity contribution in [1.29, 1.82) is 0 Å². The van der Waals surface area contributed by atoms with Crippen molar-refractivity contribution in [3.63, 3.8) is 0 Å². The predicted molar refractivity (Wildman–Crippen MR) is 118 cm³/mol. The Bertz CT molecular complexity index is 1070. The quantitative estimate of drug-likeness (QED) is 0.344. The molecular formula is C26H24F6N2O. The first-order valence-electron chi connectivity index (χ1n) is 11.2. The van der Waals surface area contributed by atoms with E-state index in [4.69, 9.17) is 4.74 Å². The van der Waals surface area contributed by atoms with Crippen LogP contribution < -0.4 is 0 Å². The molecule has 0 spiro atoms. The zero-order valence-corrected chi connectivity index (χ0v) is 18.7. The van der Waals surface area contributed by atoms with Crippen molar-refractivity contribution < 1.29 is 31.1 Å². The first-order chi connectivity index (χ1) is 16.6. The van der Waals surface area contributed by atoms with Crippen LogP contribution in [-0.2, 0) is 30.2 Å². The highest BCUT2D eigenvalue weighted by molar-refractivity contribution is 5.33. The van der Waals surface area contributed by atoms with E-state index in [1.54, 1.807) is 6.20 Å². The molecule has 1 fully saturated rings. The number of halogens is 6. The summed E-state index contributed by atoms with van der Waals surface area (Å²) in [6, 6.07) is 16.5. The maximum atomic E-state index is 13.3. The van der Waals surface area contributed by atoms with Crippen LogP contribution in [0.5, 0.6) is 0 Å². The lowest BCUT2D eigenvalue weighted by atomic mass is 9.92. The van der Waals surface area contributed by atoms with E-state index in [0.717, 1.165) is 36.4 Å².